The summed E-state index contributed by atoms with van der Waals surface area (Å²) in [6.45, 7) is 6.09. The van der Waals surface area contributed by atoms with Gasteiger partial charge in [-0.05, 0) is 68.3 Å². The number of carbonyl (C=O) groups excluding carboxylic acids is 1. The summed E-state index contributed by atoms with van der Waals surface area (Å²) in [5, 5.41) is 1.83. The van der Waals surface area contributed by atoms with Crippen molar-refractivity contribution in [2.24, 2.45) is 4.99 Å². The lowest BCUT2D eigenvalue weighted by atomic mass is 10.1. The van der Waals surface area contributed by atoms with Gasteiger partial charge in [0.05, 0.1) is 5.52 Å². The minimum atomic E-state index is -0.455. The van der Waals surface area contributed by atoms with Crippen molar-refractivity contribution in [3.63, 3.8) is 0 Å². The summed E-state index contributed by atoms with van der Waals surface area (Å²) < 4.78 is 5.50. The minimum absolute atomic E-state index is 0.271. The maximum Gasteiger partial charge on any atom is 0.363 e. The Balaban J connectivity index is 1.60. The van der Waals surface area contributed by atoms with Crippen molar-refractivity contribution in [3.8, 4) is 0 Å². The van der Waals surface area contributed by atoms with Crippen molar-refractivity contribution in [2.75, 3.05) is 0 Å². The molecule has 0 unspecified atom stereocenters. The molecule has 33 heavy (non-hydrogen) atoms. The second-order valence-electron chi connectivity index (χ2n) is 8.14. The van der Waals surface area contributed by atoms with E-state index in [-0.39, 0.29) is 5.70 Å². The third-order valence-electron chi connectivity index (χ3n) is 5.49. The number of nitrogens with zero attached hydrogens (tertiary/aromatic N) is 2. The zero-order valence-corrected chi connectivity index (χ0v) is 19.4. The molecule has 4 aromatic rings. The largest absolute Gasteiger partial charge is 0.402 e. The summed E-state index contributed by atoms with van der Waals surface area (Å²) in [6, 6.07) is 24.3. The molecule has 0 amide bonds. The predicted octanol–water partition coefficient (Wildman–Crippen LogP) is 6.66. The van der Waals surface area contributed by atoms with Crippen LogP contribution in [0.4, 0.5) is 0 Å². The van der Waals surface area contributed by atoms with Crippen molar-refractivity contribution in [1.29, 1.82) is 0 Å². The Bertz CT molecular complexity index is 1450. The number of rotatable bonds is 4. The van der Waals surface area contributed by atoms with Crippen molar-refractivity contribution in [2.45, 2.75) is 30.7 Å². The highest BCUT2D eigenvalue weighted by molar-refractivity contribution is 7.99. The Kier molecular flexibility index (Phi) is 5.56. The monoisotopic (exact) mass is 450 g/mol. The number of hydrogen-bond donors (Lipinski definition) is 0. The fourth-order valence-corrected chi connectivity index (χ4v) is 4.54. The van der Waals surface area contributed by atoms with E-state index in [1.54, 1.807) is 17.8 Å². The minimum Gasteiger partial charge on any atom is -0.402 e. The zero-order chi connectivity index (χ0) is 22.9. The van der Waals surface area contributed by atoms with E-state index in [1.165, 1.54) is 5.56 Å². The van der Waals surface area contributed by atoms with Crippen LogP contribution in [0.3, 0.4) is 0 Å². The molecule has 3 aromatic carbocycles. The Labute approximate surface area is 197 Å². The third kappa shape index (κ3) is 4.45. The number of hydrogen-bond acceptors (Lipinski definition) is 5. The number of esters is 1. The molecule has 162 valence electrons. The number of aliphatic imine (C=N–C) groups is 1. The van der Waals surface area contributed by atoms with E-state index in [0.29, 0.717) is 5.90 Å². The molecule has 0 spiro atoms. The molecule has 4 nitrogen and oxygen atoms in total. The van der Waals surface area contributed by atoms with Gasteiger partial charge >= 0.3 is 5.97 Å². The molecule has 0 N–H and O–H groups in total. The van der Waals surface area contributed by atoms with Gasteiger partial charge in [0, 0.05) is 21.4 Å². The SMILES string of the molecule is Cc1ccc(Sc2nc3cc(C)ccc3cc2C=C2N=C(c3ccccc3C)OC2=O)cc1. The van der Waals surface area contributed by atoms with Gasteiger partial charge in [0.2, 0.25) is 5.90 Å². The lowest BCUT2D eigenvalue weighted by Gasteiger charge is -2.09. The Morgan fingerprint density at radius 3 is 2.42 bits per heavy atom. The van der Waals surface area contributed by atoms with Crippen LogP contribution in [0.1, 0.15) is 27.8 Å². The molecular formula is C28H22N2O2S. The molecule has 2 heterocycles. The van der Waals surface area contributed by atoms with E-state index in [2.05, 4.69) is 67.4 Å². The van der Waals surface area contributed by atoms with Gasteiger partial charge < -0.3 is 4.74 Å². The molecule has 0 aliphatic carbocycles. The van der Waals surface area contributed by atoms with Gasteiger partial charge in [0.1, 0.15) is 5.03 Å². The molecule has 5 heteroatoms. The second-order valence-corrected chi connectivity index (χ2v) is 9.21. The summed E-state index contributed by atoms with van der Waals surface area (Å²) in [7, 11) is 0. The van der Waals surface area contributed by atoms with Crippen LogP contribution in [-0.2, 0) is 9.53 Å². The number of fused-ring (bicyclic) bond motifs is 1. The summed E-state index contributed by atoms with van der Waals surface area (Å²) in [6.07, 6.45) is 1.77. The summed E-state index contributed by atoms with van der Waals surface area (Å²) in [4.78, 5) is 23.2. The van der Waals surface area contributed by atoms with Crippen LogP contribution in [0.5, 0.6) is 0 Å². The van der Waals surface area contributed by atoms with Crippen LogP contribution >= 0.6 is 11.8 Å². The normalized spacial score (nSPS) is 14.6. The van der Waals surface area contributed by atoms with Gasteiger partial charge in [-0.25, -0.2) is 14.8 Å². The molecule has 0 fully saturated rings. The lowest BCUT2D eigenvalue weighted by Crippen LogP contribution is -2.06. The second kappa shape index (κ2) is 8.68. The van der Waals surface area contributed by atoms with Crippen LogP contribution in [0.25, 0.3) is 17.0 Å². The molecule has 0 atom stereocenters. The first-order valence-electron chi connectivity index (χ1n) is 10.7. The van der Waals surface area contributed by atoms with E-state index in [9.17, 15) is 4.79 Å². The topological polar surface area (TPSA) is 51.6 Å². The van der Waals surface area contributed by atoms with Gasteiger partial charge in [0.15, 0.2) is 5.70 Å². The fourth-order valence-electron chi connectivity index (χ4n) is 3.66. The number of aryl methyl sites for hydroxylation is 3. The molecule has 5 rings (SSSR count). The summed E-state index contributed by atoms with van der Waals surface area (Å²) >= 11 is 1.57. The average Bonchev–Trinajstić information content (AvgIpc) is 3.16. The first-order valence-corrected chi connectivity index (χ1v) is 11.5. The van der Waals surface area contributed by atoms with Gasteiger partial charge in [0.25, 0.3) is 0 Å². The van der Waals surface area contributed by atoms with Crippen LogP contribution in [0.15, 0.2) is 93.4 Å². The van der Waals surface area contributed by atoms with Crippen LogP contribution in [-0.4, -0.2) is 16.9 Å². The van der Waals surface area contributed by atoms with Crippen molar-refractivity contribution in [1.82, 2.24) is 4.98 Å². The van der Waals surface area contributed by atoms with Crippen LogP contribution in [0.2, 0.25) is 0 Å². The van der Waals surface area contributed by atoms with Crippen LogP contribution in [0, 0.1) is 20.8 Å². The number of carbonyl (C=O) groups is 1. The number of ether oxygens (including phenoxy) is 1. The molecule has 0 bridgehead atoms. The van der Waals surface area contributed by atoms with Gasteiger partial charge in [-0.1, -0.05) is 59.8 Å². The summed E-state index contributed by atoms with van der Waals surface area (Å²) in [5.41, 5.74) is 6.20. The number of pyridine rings is 1. The number of benzene rings is 3. The Hall–Kier alpha value is -3.70. The van der Waals surface area contributed by atoms with Crippen molar-refractivity contribution < 1.29 is 9.53 Å². The standard InChI is InChI=1S/C28H22N2O2S/c1-17-9-12-22(13-10-17)33-27-21(15-20-11-8-18(2)14-24(20)30-27)16-25-28(31)32-26(29-25)23-7-5-4-6-19(23)3/h4-16H,1-3H3. The quantitative estimate of drug-likeness (QED) is 0.258. The molecular weight excluding hydrogens is 428 g/mol. The molecule has 1 aliphatic heterocycles. The molecule has 0 radical (unpaired) electrons. The smallest absolute Gasteiger partial charge is 0.363 e. The molecule has 1 aromatic heterocycles. The number of aromatic nitrogens is 1. The summed E-state index contributed by atoms with van der Waals surface area (Å²) in [5.74, 6) is -0.120. The maximum absolute atomic E-state index is 12.7. The zero-order valence-electron chi connectivity index (χ0n) is 18.6. The highest BCUT2D eigenvalue weighted by Crippen LogP contribution is 2.33. The van der Waals surface area contributed by atoms with Crippen molar-refractivity contribution in [3.05, 3.63) is 106 Å². The first kappa shape index (κ1) is 21.2. The van der Waals surface area contributed by atoms with Gasteiger partial charge in [-0.3, -0.25) is 0 Å². The highest BCUT2D eigenvalue weighted by atomic mass is 32.2. The number of cyclic esters (lactones) is 1. The van der Waals surface area contributed by atoms with E-state index in [0.717, 1.165) is 43.1 Å². The molecule has 1 aliphatic rings. The van der Waals surface area contributed by atoms with E-state index < -0.39 is 5.97 Å². The lowest BCUT2D eigenvalue weighted by molar-refractivity contribution is -0.129. The maximum atomic E-state index is 12.7. The first-order chi connectivity index (χ1) is 16.0. The third-order valence-corrected chi connectivity index (χ3v) is 6.52. The average molecular weight is 451 g/mol. The Morgan fingerprint density at radius 1 is 0.879 bits per heavy atom. The van der Waals surface area contributed by atoms with E-state index >= 15 is 0 Å². The van der Waals surface area contributed by atoms with Crippen molar-refractivity contribution >= 4 is 40.6 Å². The Morgan fingerprint density at radius 2 is 1.64 bits per heavy atom. The highest BCUT2D eigenvalue weighted by Gasteiger charge is 2.25. The van der Waals surface area contributed by atoms with E-state index in [4.69, 9.17) is 9.72 Å². The van der Waals surface area contributed by atoms with Gasteiger partial charge in [-0.2, -0.15) is 0 Å². The fraction of sp³-hybridized carbons (Fsp3) is 0.107. The van der Waals surface area contributed by atoms with E-state index in [1.807, 2.05) is 31.2 Å². The molecule has 0 saturated heterocycles. The van der Waals surface area contributed by atoms with Gasteiger partial charge in [-0.15, -0.1) is 0 Å². The van der Waals surface area contributed by atoms with Crippen LogP contribution < -0.4 is 0 Å². The molecule has 0 saturated carbocycles. The predicted molar refractivity (Wildman–Crippen MR) is 134 cm³/mol.